The van der Waals surface area contributed by atoms with Gasteiger partial charge in [0, 0.05) is 13.1 Å². The molecule has 0 amide bonds. The van der Waals surface area contributed by atoms with E-state index in [1.165, 1.54) is 5.56 Å². The molecule has 4 rings (SSSR count). The molecule has 1 unspecified atom stereocenters. The van der Waals surface area contributed by atoms with Crippen LogP contribution in [0.3, 0.4) is 0 Å². The number of hydrogen-bond acceptors (Lipinski definition) is 2. The van der Waals surface area contributed by atoms with Gasteiger partial charge >= 0.3 is 0 Å². The molecule has 1 N–H and O–H groups in total. The average Bonchev–Trinajstić information content (AvgIpc) is 3.16. The van der Waals surface area contributed by atoms with Crippen LogP contribution < -0.4 is 0 Å². The fourth-order valence-electron chi connectivity index (χ4n) is 4.31. The minimum Gasteiger partial charge on any atom is -0.380 e. The van der Waals surface area contributed by atoms with Crippen molar-refractivity contribution in [3.8, 4) is 0 Å². The average molecular weight is 357 g/mol. The molecule has 2 heteroatoms. The molecule has 2 nitrogen and oxygen atoms in total. The standard InChI is InChI=1S/C25H27NO/c27-25(23-12-6-2-7-13-23,24-14-8-3-9-15-24)18-22-16-17-26(20-22)19-21-10-4-1-5-11-21/h1-15,22,27H,16-20H2. The molecular formula is C25H27NO. The topological polar surface area (TPSA) is 23.5 Å². The Balaban J connectivity index is 1.51. The summed E-state index contributed by atoms with van der Waals surface area (Å²) in [5, 5.41) is 11.8. The van der Waals surface area contributed by atoms with Gasteiger partial charge in [0.2, 0.25) is 0 Å². The van der Waals surface area contributed by atoms with E-state index in [1.54, 1.807) is 0 Å². The summed E-state index contributed by atoms with van der Waals surface area (Å²) >= 11 is 0. The van der Waals surface area contributed by atoms with E-state index in [0.29, 0.717) is 5.92 Å². The Morgan fingerprint density at radius 3 is 1.85 bits per heavy atom. The Morgan fingerprint density at radius 2 is 1.30 bits per heavy atom. The van der Waals surface area contributed by atoms with Gasteiger partial charge in [0.05, 0.1) is 0 Å². The number of hydrogen-bond donors (Lipinski definition) is 1. The molecule has 1 fully saturated rings. The van der Waals surface area contributed by atoms with Crippen molar-refractivity contribution in [3.63, 3.8) is 0 Å². The lowest BCUT2D eigenvalue weighted by Gasteiger charge is -2.32. The molecule has 3 aromatic carbocycles. The Kier molecular flexibility index (Phi) is 5.38. The smallest absolute Gasteiger partial charge is 0.115 e. The summed E-state index contributed by atoms with van der Waals surface area (Å²) in [6.07, 6.45) is 1.89. The van der Waals surface area contributed by atoms with E-state index < -0.39 is 5.60 Å². The maximum absolute atomic E-state index is 11.8. The molecule has 0 radical (unpaired) electrons. The van der Waals surface area contributed by atoms with Crippen LogP contribution in [-0.4, -0.2) is 23.1 Å². The number of nitrogens with zero attached hydrogens (tertiary/aromatic N) is 1. The predicted octanol–water partition coefficient (Wildman–Crippen LogP) is 4.83. The maximum atomic E-state index is 11.8. The highest BCUT2D eigenvalue weighted by molar-refractivity contribution is 5.36. The maximum Gasteiger partial charge on any atom is 0.115 e. The zero-order valence-corrected chi connectivity index (χ0v) is 15.7. The van der Waals surface area contributed by atoms with Crippen molar-refractivity contribution in [1.29, 1.82) is 0 Å². The molecule has 0 aliphatic carbocycles. The van der Waals surface area contributed by atoms with Crippen molar-refractivity contribution in [2.45, 2.75) is 25.0 Å². The Labute approximate surface area is 162 Å². The van der Waals surface area contributed by atoms with Crippen LogP contribution in [0.1, 0.15) is 29.5 Å². The van der Waals surface area contributed by atoms with Gasteiger partial charge in [0.1, 0.15) is 5.60 Å². The number of likely N-dealkylation sites (tertiary alicyclic amines) is 1. The third-order valence-corrected chi connectivity index (χ3v) is 5.71. The van der Waals surface area contributed by atoms with Crippen LogP contribution in [0.2, 0.25) is 0 Å². The Bertz CT molecular complexity index is 792. The van der Waals surface area contributed by atoms with Gasteiger partial charge in [-0.2, -0.15) is 0 Å². The molecule has 138 valence electrons. The largest absolute Gasteiger partial charge is 0.380 e. The second-order valence-electron chi connectivity index (χ2n) is 7.67. The molecule has 1 aliphatic rings. The fraction of sp³-hybridized carbons (Fsp3) is 0.280. The van der Waals surface area contributed by atoms with E-state index in [9.17, 15) is 5.11 Å². The van der Waals surface area contributed by atoms with Gasteiger partial charge < -0.3 is 5.11 Å². The highest BCUT2D eigenvalue weighted by Gasteiger charge is 2.36. The monoisotopic (exact) mass is 357 g/mol. The summed E-state index contributed by atoms with van der Waals surface area (Å²) in [6, 6.07) is 30.9. The highest BCUT2D eigenvalue weighted by atomic mass is 16.3. The van der Waals surface area contributed by atoms with Crippen molar-refractivity contribution in [3.05, 3.63) is 108 Å². The molecular weight excluding hydrogens is 330 g/mol. The van der Waals surface area contributed by atoms with E-state index >= 15 is 0 Å². The minimum absolute atomic E-state index is 0.485. The van der Waals surface area contributed by atoms with E-state index in [-0.39, 0.29) is 0 Å². The fourth-order valence-corrected chi connectivity index (χ4v) is 4.31. The highest BCUT2D eigenvalue weighted by Crippen LogP contribution is 2.38. The summed E-state index contributed by atoms with van der Waals surface area (Å²) < 4.78 is 0. The quantitative estimate of drug-likeness (QED) is 0.683. The van der Waals surface area contributed by atoms with Gasteiger partial charge in [-0.05, 0) is 42.0 Å². The van der Waals surface area contributed by atoms with Crippen molar-refractivity contribution >= 4 is 0 Å². The predicted molar refractivity (Wildman–Crippen MR) is 110 cm³/mol. The molecule has 0 saturated carbocycles. The van der Waals surface area contributed by atoms with E-state index in [1.807, 2.05) is 60.7 Å². The lowest BCUT2D eigenvalue weighted by Crippen LogP contribution is -2.31. The first-order valence-corrected chi connectivity index (χ1v) is 9.84. The SMILES string of the molecule is OC(CC1CCN(Cc2ccccc2)C1)(c1ccccc1)c1ccccc1. The van der Waals surface area contributed by atoms with Crippen LogP contribution in [0, 0.1) is 5.92 Å². The van der Waals surface area contributed by atoms with Gasteiger partial charge in [-0.15, -0.1) is 0 Å². The molecule has 27 heavy (non-hydrogen) atoms. The minimum atomic E-state index is -0.935. The van der Waals surface area contributed by atoms with Crippen molar-refractivity contribution < 1.29 is 5.11 Å². The summed E-state index contributed by atoms with van der Waals surface area (Å²) in [4.78, 5) is 2.51. The lowest BCUT2D eigenvalue weighted by molar-refractivity contribution is 0.0531. The van der Waals surface area contributed by atoms with E-state index in [0.717, 1.165) is 43.6 Å². The zero-order chi connectivity index (χ0) is 18.5. The third kappa shape index (κ3) is 4.13. The van der Waals surface area contributed by atoms with Crippen LogP contribution >= 0.6 is 0 Å². The van der Waals surface area contributed by atoms with E-state index in [4.69, 9.17) is 0 Å². The molecule has 3 aromatic rings. The van der Waals surface area contributed by atoms with Crippen LogP contribution in [-0.2, 0) is 12.1 Å². The molecule has 0 bridgehead atoms. The molecule has 1 saturated heterocycles. The summed E-state index contributed by atoms with van der Waals surface area (Å²) in [5.41, 5.74) is 2.39. The van der Waals surface area contributed by atoms with Crippen molar-refractivity contribution in [1.82, 2.24) is 4.90 Å². The van der Waals surface area contributed by atoms with Crippen molar-refractivity contribution in [2.75, 3.05) is 13.1 Å². The summed E-state index contributed by atoms with van der Waals surface area (Å²) in [6.45, 7) is 3.13. The first kappa shape index (κ1) is 18.0. The Hall–Kier alpha value is -2.42. The molecule has 0 spiro atoms. The number of aliphatic hydroxyl groups is 1. The second-order valence-corrected chi connectivity index (χ2v) is 7.67. The lowest BCUT2D eigenvalue weighted by atomic mass is 9.79. The van der Waals surface area contributed by atoms with E-state index in [2.05, 4.69) is 35.2 Å². The number of benzene rings is 3. The first-order chi connectivity index (χ1) is 13.2. The Morgan fingerprint density at radius 1 is 0.778 bits per heavy atom. The van der Waals surface area contributed by atoms with Crippen LogP contribution in [0.4, 0.5) is 0 Å². The zero-order valence-electron chi connectivity index (χ0n) is 15.7. The third-order valence-electron chi connectivity index (χ3n) is 5.71. The summed E-state index contributed by atoms with van der Waals surface area (Å²) in [5.74, 6) is 0.485. The second kappa shape index (κ2) is 8.08. The van der Waals surface area contributed by atoms with Crippen molar-refractivity contribution in [2.24, 2.45) is 5.92 Å². The van der Waals surface area contributed by atoms with Gasteiger partial charge in [0.15, 0.2) is 0 Å². The molecule has 1 aliphatic heterocycles. The number of rotatable bonds is 6. The van der Waals surface area contributed by atoms with Crippen LogP contribution in [0.15, 0.2) is 91.0 Å². The molecule has 0 aromatic heterocycles. The molecule has 1 heterocycles. The first-order valence-electron chi connectivity index (χ1n) is 9.84. The normalized spacial score (nSPS) is 17.9. The van der Waals surface area contributed by atoms with Crippen LogP contribution in [0.5, 0.6) is 0 Å². The molecule has 1 atom stereocenters. The van der Waals surface area contributed by atoms with Gasteiger partial charge in [-0.25, -0.2) is 0 Å². The van der Waals surface area contributed by atoms with Gasteiger partial charge in [0.25, 0.3) is 0 Å². The van der Waals surface area contributed by atoms with Crippen LogP contribution in [0.25, 0.3) is 0 Å². The van der Waals surface area contributed by atoms with Gasteiger partial charge in [-0.3, -0.25) is 4.90 Å². The summed E-state index contributed by atoms with van der Waals surface area (Å²) in [7, 11) is 0. The van der Waals surface area contributed by atoms with Gasteiger partial charge in [-0.1, -0.05) is 91.0 Å².